The molecule has 0 radical (unpaired) electrons. The number of rotatable bonds is 8. The molecule has 0 bridgehead atoms. The number of carbonyl (C=O) groups is 1. The zero-order valence-electron chi connectivity index (χ0n) is 17.3. The standard InChI is InChI=1S/C23H28N2O3S/c1-4-6-15-24(5-2)23(26)17-25-16-22(20-9-7-8-10-21(20)25)29(27,28)19-13-11-18(3)12-14-19/h7-14,16H,4-6,15,17H2,1-3H3. The SMILES string of the molecule is CCCCN(CC)C(=O)Cn1cc(S(=O)(=O)c2ccc(C)cc2)c2ccccc21. The van der Waals surface area contributed by atoms with E-state index in [0.717, 1.165) is 30.5 Å². The predicted molar refractivity (Wildman–Crippen MR) is 116 cm³/mol. The van der Waals surface area contributed by atoms with Crippen LogP contribution in [0.25, 0.3) is 10.9 Å². The van der Waals surface area contributed by atoms with E-state index in [9.17, 15) is 13.2 Å². The minimum Gasteiger partial charge on any atom is -0.341 e. The molecule has 0 saturated carbocycles. The van der Waals surface area contributed by atoms with Gasteiger partial charge in [-0.05, 0) is 38.5 Å². The molecule has 3 aromatic rings. The Kier molecular flexibility index (Phi) is 6.42. The molecule has 0 aliphatic carbocycles. The lowest BCUT2D eigenvalue weighted by atomic mass is 10.2. The van der Waals surface area contributed by atoms with E-state index in [1.54, 1.807) is 41.1 Å². The van der Waals surface area contributed by atoms with Gasteiger partial charge in [0, 0.05) is 30.2 Å². The topological polar surface area (TPSA) is 59.4 Å². The van der Waals surface area contributed by atoms with Crippen molar-refractivity contribution in [2.24, 2.45) is 0 Å². The van der Waals surface area contributed by atoms with E-state index < -0.39 is 9.84 Å². The van der Waals surface area contributed by atoms with Crippen LogP contribution in [0.4, 0.5) is 0 Å². The summed E-state index contributed by atoms with van der Waals surface area (Å²) < 4.78 is 28.3. The molecule has 0 saturated heterocycles. The van der Waals surface area contributed by atoms with Gasteiger partial charge < -0.3 is 9.47 Å². The summed E-state index contributed by atoms with van der Waals surface area (Å²) in [5, 5.41) is 0.637. The van der Waals surface area contributed by atoms with Crippen LogP contribution in [-0.2, 0) is 21.2 Å². The first-order valence-electron chi connectivity index (χ1n) is 10.1. The summed E-state index contributed by atoms with van der Waals surface area (Å²) in [4.78, 5) is 15.1. The van der Waals surface area contributed by atoms with Gasteiger partial charge in [0.05, 0.1) is 9.79 Å². The molecule has 3 rings (SSSR count). The van der Waals surface area contributed by atoms with Crippen LogP contribution in [0.2, 0.25) is 0 Å². The summed E-state index contributed by atoms with van der Waals surface area (Å²) in [5.41, 5.74) is 1.75. The number of amides is 1. The van der Waals surface area contributed by atoms with Crippen LogP contribution in [-0.4, -0.2) is 36.9 Å². The Labute approximate surface area is 172 Å². The van der Waals surface area contributed by atoms with Crippen molar-refractivity contribution in [1.29, 1.82) is 0 Å². The van der Waals surface area contributed by atoms with Crippen LogP contribution in [0.3, 0.4) is 0 Å². The largest absolute Gasteiger partial charge is 0.341 e. The Bertz CT molecular complexity index is 1100. The van der Waals surface area contributed by atoms with E-state index in [4.69, 9.17) is 0 Å². The van der Waals surface area contributed by atoms with E-state index in [1.807, 2.05) is 36.9 Å². The molecule has 154 valence electrons. The second-order valence-electron chi connectivity index (χ2n) is 7.28. The molecule has 29 heavy (non-hydrogen) atoms. The van der Waals surface area contributed by atoms with Crippen LogP contribution in [0.5, 0.6) is 0 Å². The maximum Gasteiger partial charge on any atom is 0.242 e. The first-order valence-corrected chi connectivity index (χ1v) is 11.5. The molecule has 0 spiro atoms. The number of sulfone groups is 1. The fourth-order valence-electron chi connectivity index (χ4n) is 3.46. The molecule has 1 amide bonds. The molecule has 0 atom stereocenters. The molecule has 0 fully saturated rings. The fraction of sp³-hybridized carbons (Fsp3) is 0.348. The van der Waals surface area contributed by atoms with Crippen molar-refractivity contribution in [3.63, 3.8) is 0 Å². The minimum absolute atomic E-state index is 0.000914. The summed E-state index contributed by atoms with van der Waals surface area (Å²) in [5.74, 6) is 0.000914. The average molecular weight is 413 g/mol. The Hall–Kier alpha value is -2.60. The molecule has 0 aliphatic heterocycles. The Balaban J connectivity index is 2.01. The number of carbonyl (C=O) groups excluding carboxylic acids is 1. The van der Waals surface area contributed by atoms with Crippen molar-refractivity contribution in [3.8, 4) is 0 Å². The van der Waals surface area contributed by atoms with Gasteiger partial charge in [0.1, 0.15) is 6.54 Å². The highest BCUT2D eigenvalue weighted by atomic mass is 32.2. The molecule has 0 unspecified atom stereocenters. The van der Waals surface area contributed by atoms with Crippen molar-refractivity contribution < 1.29 is 13.2 Å². The van der Waals surface area contributed by atoms with Crippen molar-refractivity contribution >= 4 is 26.6 Å². The average Bonchev–Trinajstić information content (AvgIpc) is 3.08. The number of aromatic nitrogens is 1. The van der Waals surface area contributed by atoms with Gasteiger partial charge in [0.2, 0.25) is 15.7 Å². The molecule has 2 aromatic carbocycles. The predicted octanol–water partition coefficient (Wildman–Crippen LogP) is 4.43. The van der Waals surface area contributed by atoms with Crippen molar-refractivity contribution in [3.05, 3.63) is 60.3 Å². The molecule has 5 nitrogen and oxygen atoms in total. The van der Waals surface area contributed by atoms with Gasteiger partial charge in [-0.3, -0.25) is 4.79 Å². The quantitative estimate of drug-likeness (QED) is 0.550. The number of likely N-dealkylation sites (N-methyl/N-ethyl adjacent to an activating group) is 1. The number of nitrogens with zero attached hydrogens (tertiary/aromatic N) is 2. The summed E-state index contributed by atoms with van der Waals surface area (Å²) >= 11 is 0. The highest BCUT2D eigenvalue weighted by Gasteiger charge is 2.24. The minimum atomic E-state index is -3.68. The number of aryl methyl sites for hydroxylation is 1. The third-order valence-corrected chi connectivity index (χ3v) is 6.99. The van der Waals surface area contributed by atoms with E-state index in [2.05, 4.69) is 6.92 Å². The van der Waals surface area contributed by atoms with Crippen LogP contribution in [0.15, 0.2) is 64.5 Å². The number of para-hydroxylation sites is 1. The van der Waals surface area contributed by atoms with Crippen LogP contribution >= 0.6 is 0 Å². The number of benzene rings is 2. The Morgan fingerprint density at radius 3 is 2.38 bits per heavy atom. The van der Waals surface area contributed by atoms with E-state index in [1.165, 1.54) is 0 Å². The number of hydrogen-bond donors (Lipinski definition) is 0. The first-order chi connectivity index (χ1) is 13.9. The van der Waals surface area contributed by atoms with Crippen molar-refractivity contribution in [2.45, 2.75) is 49.9 Å². The zero-order chi connectivity index (χ0) is 21.0. The lowest BCUT2D eigenvalue weighted by molar-refractivity contribution is -0.131. The maximum absolute atomic E-state index is 13.3. The molecule has 1 heterocycles. The van der Waals surface area contributed by atoms with Gasteiger partial charge >= 0.3 is 0 Å². The second-order valence-corrected chi connectivity index (χ2v) is 9.20. The lowest BCUT2D eigenvalue weighted by Gasteiger charge is -2.21. The van der Waals surface area contributed by atoms with Gasteiger partial charge in [-0.1, -0.05) is 49.2 Å². The third-order valence-electron chi connectivity index (χ3n) is 5.19. The number of fused-ring (bicyclic) bond motifs is 1. The van der Waals surface area contributed by atoms with Gasteiger partial charge in [0.15, 0.2) is 0 Å². The Morgan fingerprint density at radius 2 is 1.72 bits per heavy atom. The van der Waals surface area contributed by atoms with Gasteiger partial charge in [-0.15, -0.1) is 0 Å². The summed E-state index contributed by atoms with van der Waals surface area (Å²) in [6.07, 6.45) is 3.58. The molecule has 0 aliphatic rings. The van der Waals surface area contributed by atoms with Gasteiger partial charge in [0.25, 0.3) is 0 Å². The number of hydrogen-bond acceptors (Lipinski definition) is 3. The normalized spacial score (nSPS) is 11.7. The highest BCUT2D eigenvalue weighted by molar-refractivity contribution is 7.91. The van der Waals surface area contributed by atoms with Crippen molar-refractivity contribution in [2.75, 3.05) is 13.1 Å². The zero-order valence-corrected chi connectivity index (χ0v) is 18.1. The molecule has 1 aromatic heterocycles. The molecule has 6 heteroatoms. The summed E-state index contributed by atoms with van der Waals surface area (Å²) in [7, 11) is -3.68. The first kappa shape index (κ1) is 21.1. The van der Waals surface area contributed by atoms with E-state index >= 15 is 0 Å². The lowest BCUT2D eigenvalue weighted by Crippen LogP contribution is -2.34. The maximum atomic E-state index is 13.3. The summed E-state index contributed by atoms with van der Waals surface area (Å²) in [6, 6.07) is 14.2. The van der Waals surface area contributed by atoms with E-state index in [-0.39, 0.29) is 22.2 Å². The van der Waals surface area contributed by atoms with E-state index in [0.29, 0.717) is 11.9 Å². The smallest absolute Gasteiger partial charge is 0.242 e. The number of unbranched alkanes of at least 4 members (excludes halogenated alkanes) is 1. The molecule has 0 N–H and O–H groups in total. The van der Waals surface area contributed by atoms with Crippen LogP contribution < -0.4 is 0 Å². The Morgan fingerprint density at radius 1 is 1.03 bits per heavy atom. The van der Waals surface area contributed by atoms with Gasteiger partial charge in [-0.2, -0.15) is 0 Å². The third kappa shape index (κ3) is 4.37. The van der Waals surface area contributed by atoms with Crippen molar-refractivity contribution in [1.82, 2.24) is 9.47 Å². The fourth-order valence-corrected chi connectivity index (χ4v) is 4.93. The van der Waals surface area contributed by atoms with Gasteiger partial charge in [-0.25, -0.2) is 8.42 Å². The molecular weight excluding hydrogens is 384 g/mol. The monoisotopic (exact) mass is 412 g/mol. The molecular formula is C23H28N2O3S. The second kappa shape index (κ2) is 8.82. The van der Waals surface area contributed by atoms with Crippen LogP contribution in [0, 0.1) is 6.92 Å². The summed E-state index contributed by atoms with van der Waals surface area (Å²) in [6.45, 7) is 7.48. The van der Waals surface area contributed by atoms with Crippen LogP contribution in [0.1, 0.15) is 32.3 Å². The highest BCUT2D eigenvalue weighted by Crippen LogP contribution is 2.30.